The molecule has 3 amide bonds. The summed E-state index contributed by atoms with van der Waals surface area (Å²) in [7, 11) is 0. The van der Waals surface area contributed by atoms with Crippen LogP contribution < -0.4 is 20.1 Å². The maximum absolute atomic E-state index is 11.4. The Hall–Kier alpha value is -2.50. The van der Waals surface area contributed by atoms with Gasteiger partial charge in [0.2, 0.25) is 0 Å². The predicted octanol–water partition coefficient (Wildman–Crippen LogP) is 0.638. The summed E-state index contributed by atoms with van der Waals surface area (Å²) in [5, 5.41) is 4.56. The lowest BCUT2D eigenvalue weighted by molar-refractivity contribution is -0.115. The van der Waals surface area contributed by atoms with Gasteiger partial charge in [0, 0.05) is 0 Å². The molecule has 18 heavy (non-hydrogen) atoms. The van der Waals surface area contributed by atoms with Gasteiger partial charge in [-0.15, -0.1) is 0 Å². The zero-order valence-corrected chi connectivity index (χ0v) is 9.36. The molecule has 2 N–H and O–H groups in total. The molecule has 1 saturated heterocycles. The lowest BCUT2D eigenvalue weighted by Gasteiger charge is -2.18. The Morgan fingerprint density at radius 1 is 1.06 bits per heavy atom. The van der Waals surface area contributed by atoms with Gasteiger partial charge < -0.3 is 14.8 Å². The number of benzene rings is 1. The van der Waals surface area contributed by atoms with Crippen LogP contribution in [0.3, 0.4) is 0 Å². The number of carbonyl (C=O) groups is 2. The summed E-state index contributed by atoms with van der Waals surface area (Å²) in [5.41, 5.74) is 0.975. The number of urea groups is 1. The van der Waals surface area contributed by atoms with E-state index >= 15 is 0 Å². The van der Waals surface area contributed by atoms with Crippen LogP contribution in [0.15, 0.2) is 23.9 Å². The third-order valence-corrected chi connectivity index (χ3v) is 2.60. The van der Waals surface area contributed by atoms with E-state index < -0.39 is 11.9 Å². The summed E-state index contributed by atoms with van der Waals surface area (Å²) in [4.78, 5) is 22.3. The molecule has 0 unspecified atom stereocenters. The van der Waals surface area contributed by atoms with Gasteiger partial charge in [0.15, 0.2) is 11.5 Å². The number of amides is 3. The van der Waals surface area contributed by atoms with Crippen molar-refractivity contribution in [3.8, 4) is 11.5 Å². The van der Waals surface area contributed by atoms with E-state index in [0.29, 0.717) is 24.7 Å². The predicted molar refractivity (Wildman–Crippen MR) is 62.1 cm³/mol. The molecule has 2 heterocycles. The van der Waals surface area contributed by atoms with Crippen molar-refractivity contribution in [1.82, 2.24) is 10.6 Å². The minimum absolute atomic E-state index is 0.219. The van der Waals surface area contributed by atoms with Gasteiger partial charge in [-0.2, -0.15) is 0 Å². The van der Waals surface area contributed by atoms with Crippen molar-refractivity contribution in [1.29, 1.82) is 0 Å². The molecule has 3 rings (SSSR count). The Kier molecular flexibility index (Phi) is 2.40. The monoisotopic (exact) mass is 246 g/mol. The molecule has 2 aliphatic heterocycles. The van der Waals surface area contributed by atoms with E-state index in [1.165, 1.54) is 0 Å². The zero-order chi connectivity index (χ0) is 12.5. The molecule has 2 aliphatic rings. The maximum Gasteiger partial charge on any atom is 0.326 e. The van der Waals surface area contributed by atoms with Crippen LogP contribution in [0.1, 0.15) is 5.56 Å². The second-order valence-electron chi connectivity index (χ2n) is 3.87. The molecule has 0 aliphatic carbocycles. The minimum atomic E-state index is -0.510. The molecule has 6 nitrogen and oxygen atoms in total. The average Bonchev–Trinajstić information content (AvgIpc) is 2.68. The molecule has 0 spiro atoms. The summed E-state index contributed by atoms with van der Waals surface area (Å²) in [6.45, 7) is 1.04. The smallest absolute Gasteiger partial charge is 0.326 e. The van der Waals surface area contributed by atoms with Gasteiger partial charge in [0.1, 0.15) is 18.9 Å². The average molecular weight is 246 g/mol. The number of nitrogens with one attached hydrogen (secondary N) is 2. The van der Waals surface area contributed by atoms with E-state index in [1.807, 2.05) is 0 Å². The van der Waals surface area contributed by atoms with Crippen LogP contribution in [-0.4, -0.2) is 25.2 Å². The standard InChI is InChI=1S/C12H10N2O4/c15-11-8(13-12(16)14-11)5-7-1-2-9-10(6-7)18-4-3-17-9/h1-2,5-6H,3-4H2,(H2,13,14,15,16). The number of carbonyl (C=O) groups excluding carboxylic acids is 2. The van der Waals surface area contributed by atoms with Gasteiger partial charge in [-0.3, -0.25) is 10.1 Å². The summed E-state index contributed by atoms with van der Waals surface area (Å²) in [6.07, 6.45) is 1.58. The molecule has 0 atom stereocenters. The summed E-state index contributed by atoms with van der Waals surface area (Å²) >= 11 is 0. The van der Waals surface area contributed by atoms with E-state index in [0.717, 1.165) is 5.56 Å². The summed E-state index contributed by atoms with van der Waals surface area (Å²) in [5.74, 6) is 0.888. The van der Waals surface area contributed by atoms with Crippen LogP contribution in [0.5, 0.6) is 11.5 Å². The highest BCUT2D eigenvalue weighted by atomic mass is 16.6. The Balaban J connectivity index is 1.91. The van der Waals surface area contributed by atoms with Gasteiger partial charge in [0.05, 0.1) is 0 Å². The number of ether oxygens (including phenoxy) is 2. The van der Waals surface area contributed by atoms with Gasteiger partial charge in [-0.25, -0.2) is 4.79 Å². The fourth-order valence-corrected chi connectivity index (χ4v) is 1.80. The Labute approximate surface area is 103 Å². The van der Waals surface area contributed by atoms with Crippen molar-refractivity contribution in [2.75, 3.05) is 13.2 Å². The third kappa shape index (κ3) is 1.88. The molecule has 92 valence electrons. The zero-order valence-electron chi connectivity index (χ0n) is 9.36. The minimum Gasteiger partial charge on any atom is -0.486 e. The fraction of sp³-hybridized carbons (Fsp3) is 0.167. The highest BCUT2D eigenvalue weighted by Crippen LogP contribution is 2.31. The lowest BCUT2D eigenvalue weighted by atomic mass is 10.1. The van der Waals surface area contributed by atoms with Crippen molar-refractivity contribution >= 4 is 18.0 Å². The first-order chi connectivity index (χ1) is 8.72. The molecule has 0 saturated carbocycles. The SMILES string of the molecule is O=C1NC(=O)C(=Cc2ccc3c(c2)OCCO3)N1. The Morgan fingerprint density at radius 2 is 1.83 bits per heavy atom. The largest absolute Gasteiger partial charge is 0.486 e. The van der Waals surface area contributed by atoms with Crippen molar-refractivity contribution in [2.45, 2.75) is 0 Å². The van der Waals surface area contributed by atoms with Gasteiger partial charge >= 0.3 is 6.03 Å². The number of rotatable bonds is 1. The molecule has 1 aromatic carbocycles. The van der Waals surface area contributed by atoms with E-state index in [-0.39, 0.29) is 5.70 Å². The van der Waals surface area contributed by atoms with Crippen molar-refractivity contribution in [2.24, 2.45) is 0 Å². The van der Waals surface area contributed by atoms with Gasteiger partial charge in [-0.05, 0) is 23.8 Å². The molecule has 0 radical (unpaired) electrons. The van der Waals surface area contributed by atoms with Crippen LogP contribution in [0.25, 0.3) is 6.08 Å². The lowest BCUT2D eigenvalue weighted by Crippen LogP contribution is -2.22. The van der Waals surface area contributed by atoms with Crippen LogP contribution in [0, 0.1) is 0 Å². The molecule has 1 fully saturated rings. The second-order valence-corrected chi connectivity index (χ2v) is 3.87. The van der Waals surface area contributed by atoms with Crippen molar-refractivity contribution < 1.29 is 19.1 Å². The number of hydrogen-bond acceptors (Lipinski definition) is 4. The fourth-order valence-electron chi connectivity index (χ4n) is 1.80. The maximum atomic E-state index is 11.4. The van der Waals surface area contributed by atoms with Crippen LogP contribution in [-0.2, 0) is 4.79 Å². The quantitative estimate of drug-likeness (QED) is 0.563. The molecular weight excluding hydrogens is 236 g/mol. The van der Waals surface area contributed by atoms with E-state index in [1.54, 1.807) is 24.3 Å². The Morgan fingerprint density at radius 3 is 2.56 bits per heavy atom. The van der Waals surface area contributed by atoms with Crippen LogP contribution in [0.2, 0.25) is 0 Å². The topological polar surface area (TPSA) is 76.7 Å². The first-order valence-corrected chi connectivity index (χ1v) is 5.46. The van der Waals surface area contributed by atoms with Crippen LogP contribution >= 0.6 is 0 Å². The molecule has 0 aromatic heterocycles. The number of fused-ring (bicyclic) bond motifs is 1. The van der Waals surface area contributed by atoms with E-state index in [9.17, 15) is 9.59 Å². The number of imide groups is 1. The summed E-state index contributed by atoms with van der Waals surface area (Å²) in [6, 6.07) is 4.82. The third-order valence-electron chi connectivity index (χ3n) is 2.60. The normalized spacial score (nSPS) is 19.7. The first-order valence-electron chi connectivity index (χ1n) is 5.46. The van der Waals surface area contributed by atoms with Crippen molar-refractivity contribution in [3.05, 3.63) is 29.5 Å². The highest BCUT2D eigenvalue weighted by Gasteiger charge is 2.23. The molecule has 0 bridgehead atoms. The first kappa shape index (κ1) is 10.6. The Bertz CT molecular complexity index is 565. The van der Waals surface area contributed by atoms with Gasteiger partial charge in [-0.1, -0.05) is 6.07 Å². The van der Waals surface area contributed by atoms with E-state index in [4.69, 9.17) is 9.47 Å². The molecule has 1 aromatic rings. The molecule has 6 heteroatoms. The van der Waals surface area contributed by atoms with E-state index in [2.05, 4.69) is 10.6 Å². The van der Waals surface area contributed by atoms with Crippen LogP contribution in [0.4, 0.5) is 4.79 Å². The summed E-state index contributed by atoms with van der Waals surface area (Å²) < 4.78 is 10.8. The second kappa shape index (κ2) is 4.06. The highest BCUT2D eigenvalue weighted by molar-refractivity contribution is 6.13. The molecular formula is C12H10N2O4. The number of hydrogen-bond donors (Lipinski definition) is 2. The van der Waals surface area contributed by atoms with Gasteiger partial charge in [0.25, 0.3) is 5.91 Å². The van der Waals surface area contributed by atoms with Crippen molar-refractivity contribution in [3.63, 3.8) is 0 Å².